The van der Waals surface area contributed by atoms with Crippen molar-refractivity contribution in [1.29, 1.82) is 0 Å². The van der Waals surface area contributed by atoms with Crippen molar-refractivity contribution in [3.8, 4) is 0 Å². The standard InChI is InChI=1S/C19H20F2N2O3S/c1-12-6-7-14(10-13(12)2)11-27(25,26)22-17-8-9-23(19(17)24)18-15(20)4-3-5-16(18)21/h3-7,10,17,22H,8-9,11H2,1-2H3. The number of hydrogen-bond acceptors (Lipinski definition) is 3. The highest BCUT2D eigenvalue weighted by molar-refractivity contribution is 7.88. The van der Waals surface area contributed by atoms with Gasteiger partial charge in [-0.05, 0) is 49.1 Å². The van der Waals surface area contributed by atoms with E-state index in [0.717, 1.165) is 28.2 Å². The molecule has 0 saturated carbocycles. The summed E-state index contributed by atoms with van der Waals surface area (Å²) in [6.07, 6.45) is 0.138. The molecular formula is C19H20F2N2O3S. The average Bonchev–Trinajstić information content (AvgIpc) is 2.91. The first-order valence-corrected chi connectivity index (χ1v) is 10.1. The van der Waals surface area contributed by atoms with Gasteiger partial charge in [0, 0.05) is 6.54 Å². The number of sulfonamides is 1. The third-order valence-electron chi connectivity index (χ3n) is 4.66. The summed E-state index contributed by atoms with van der Waals surface area (Å²) < 4.78 is 55.1. The monoisotopic (exact) mass is 394 g/mol. The van der Waals surface area contributed by atoms with Gasteiger partial charge in [0.05, 0.1) is 5.75 Å². The maximum atomic E-state index is 13.9. The van der Waals surface area contributed by atoms with Gasteiger partial charge in [-0.25, -0.2) is 21.9 Å². The molecule has 0 spiro atoms. The average molecular weight is 394 g/mol. The molecule has 1 amide bonds. The van der Waals surface area contributed by atoms with Gasteiger partial charge in [0.2, 0.25) is 15.9 Å². The van der Waals surface area contributed by atoms with Crippen molar-refractivity contribution in [3.05, 3.63) is 64.7 Å². The van der Waals surface area contributed by atoms with E-state index in [1.807, 2.05) is 19.9 Å². The highest BCUT2D eigenvalue weighted by atomic mass is 32.2. The predicted octanol–water partition coefficient (Wildman–Crippen LogP) is 2.81. The number of halogens is 2. The summed E-state index contributed by atoms with van der Waals surface area (Å²) in [5.41, 5.74) is 2.19. The van der Waals surface area contributed by atoms with Gasteiger partial charge in [0.25, 0.3) is 0 Å². The van der Waals surface area contributed by atoms with E-state index >= 15 is 0 Å². The number of nitrogens with zero attached hydrogens (tertiary/aromatic N) is 1. The van der Waals surface area contributed by atoms with Crippen LogP contribution in [0.4, 0.5) is 14.5 Å². The number of para-hydroxylation sites is 1. The predicted molar refractivity (Wildman–Crippen MR) is 98.8 cm³/mol. The Morgan fingerprint density at radius 3 is 2.41 bits per heavy atom. The summed E-state index contributed by atoms with van der Waals surface area (Å²) in [7, 11) is -3.79. The molecule has 1 N–H and O–H groups in total. The number of nitrogens with one attached hydrogen (secondary N) is 1. The Morgan fingerprint density at radius 2 is 1.78 bits per heavy atom. The minimum atomic E-state index is -3.79. The van der Waals surface area contributed by atoms with E-state index in [0.29, 0.717) is 5.56 Å². The van der Waals surface area contributed by atoms with Crippen LogP contribution in [0.5, 0.6) is 0 Å². The molecule has 1 heterocycles. The maximum Gasteiger partial charge on any atom is 0.245 e. The molecule has 1 saturated heterocycles. The van der Waals surface area contributed by atoms with E-state index in [1.165, 1.54) is 6.07 Å². The Morgan fingerprint density at radius 1 is 1.11 bits per heavy atom. The molecule has 5 nitrogen and oxygen atoms in total. The van der Waals surface area contributed by atoms with Crippen LogP contribution in [0.15, 0.2) is 36.4 Å². The van der Waals surface area contributed by atoms with Gasteiger partial charge < -0.3 is 4.90 Å². The molecule has 0 bridgehead atoms. The van der Waals surface area contributed by atoms with E-state index in [2.05, 4.69) is 4.72 Å². The number of carbonyl (C=O) groups is 1. The summed E-state index contributed by atoms with van der Waals surface area (Å²) in [6.45, 7) is 3.85. The molecule has 1 aliphatic heterocycles. The summed E-state index contributed by atoms with van der Waals surface area (Å²) in [5.74, 6) is -2.65. The quantitative estimate of drug-likeness (QED) is 0.848. The second-order valence-electron chi connectivity index (χ2n) is 6.70. The normalized spacial score (nSPS) is 17.6. The minimum Gasteiger partial charge on any atom is -0.306 e. The van der Waals surface area contributed by atoms with E-state index in [-0.39, 0.29) is 18.7 Å². The molecular weight excluding hydrogens is 374 g/mol. The lowest BCUT2D eigenvalue weighted by atomic mass is 10.1. The van der Waals surface area contributed by atoms with Crippen molar-refractivity contribution >= 4 is 21.6 Å². The zero-order chi connectivity index (χ0) is 19.8. The topological polar surface area (TPSA) is 66.5 Å². The zero-order valence-corrected chi connectivity index (χ0v) is 15.8. The van der Waals surface area contributed by atoms with Crippen molar-refractivity contribution in [1.82, 2.24) is 4.72 Å². The number of anilines is 1. The van der Waals surface area contributed by atoms with E-state index in [9.17, 15) is 22.0 Å². The van der Waals surface area contributed by atoms with Gasteiger partial charge in [-0.2, -0.15) is 0 Å². The van der Waals surface area contributed by atoms with Crippen LogP contribution >= 0.6 is 0 Å². The molecule has 0 aromatic heterocycles. The second kappa shape index (κ2) is 7.36. The number of rotatable bonds is 5. The fourth-order valence-corrected chi connectivity index (χ4v) is 4.48. The fourth-order valence-electron chi connectivity index (χ4n) is 3.13. The van der Waals surface area contributed by atoms with E-state index in [4.69, 9.17) is 0 Å². The third-order valence-corrected chi connectivity index (χ3v) is 6.02. The van der Waals surface area contributed by atoms with E-state index < -0.39 is 39.3 Å². The fraction of sp³-hybridized carbons (Fsp3) is 0.316. The second-order valence-corrected chi connectivity index (χ2v) is 8.45. The van der Waals surface area contributed by atoms with Crippen LogP contribution in [0.1, 0.15) is 23.1 Å². The Balaban J connectivity index is 1.74. The minimum absolute atomic E-state index is 0.0352. The molecule has 8 heteroatoms. The lowest BCUT2D eigenvalue weighted by Crippen LogP contribution is -2.42. The molecule has 0 aliphatic carbocycles. The summed E-state index contributed by atoms with van der Waals surface area (Å²) >= 11 is 0. The number of aryl methyl sites for hydroxylation is 2. The smallest absolute Gasteiger partial charge is 0.245 e. The molecule has 1 fully saturated rings. The summed E-state index contributed by atoms with van der Waals surface area (Å²) in [5, 5.41) is 0. The van der Waals surface area contributed by atoms with Crippen LogP contribution in [-0.4, -0.2) is 26.9 Å². The van der Waals surface area contributed by atoms with Crippen molar-refractivity contribution in [2.24, 2.45) is 0 Å². The molecule has 1 atom stereocenters. The van der Waals surface area contributed by atoms with Crippen LogP contribution in [0.3, 0.4) is 0 Å². The first kappa shape index (κ1) is 19.4. The Kier molecular flexibility index (Phi) is 5.30. The van der Waals surface area contributed by atoms with Gasteiger partial charge in [-0.1, -0.05) is 24.3 Å². The van der Waals surface area contributed by atoms with Crippen molar-refractivity contribution in [3.63, 3.8) is 0 Å². The van der Waals surface area contributed by atoms with Crippen molar-refractivity contribution in [2.75, 3.05) is 11.4 Å². The Bertz CT molecular complexity index is 972. The number of benzene rings is 2. The highest BCUT2D eigenvalue weighted by Crippen LogP contribution is 2.28. The van der Waals surface area contributed by atoms with Gasteiger partial charge in [0.15, 0.2) is 0 Å². The van der Waals surface area contributed by atoms with Gasteiger partial charge >= 0.3 is 0 Å². The molecule has 27 heavy (non-hydrogen) atoms. The maximum absolute atomic E-state index is 13.9. The molecule has 2 aromatic rings. The van der Waals surface area contributed by atoms with E-state index in [1.54, 1.807) is 12.1 Å². The first-order chi connectivity index (χ1) is 12.7. The lowest BCUT2D eigenvalue weighted by Gasteiger charge is -2.18. The molecule has 144 valence electrons. The molecule has 2 aromatic carbocycles. The zero-order valence-electron chi connectivity index (χ0n) is 15.0. The lowest BCUT2D eigenvalue weighted by molar-refractivity contribution is -0.118. The third kappa shape index (κ3) is 4.17. The van der Waals surface area contributed by atoms with Crippen LogP contribution < -0.4 is 9.62 Å². The first-order valence-electron chi connectivity index (χ1n) is 8.49. The summed E-state index contributed by atoms with van der Waals surface area (Å²) in [4.78, 5) is 13.5. The molecule has 0 radical (unpaired) electrons. The number of amides is 1. The van der Waals surface area contributed by atoms with Crippen LogP contribution in [0.25, 0.3) is 0 Å². The molecule has 3 rings (SSSR count). The van der Waals surface area contributed by atoms with Crippen LogP contribution in [-0.2, 0) is 20.6 Å². The van der Waals surface area contributed by atoms with Crippen molar-refractivity contribution < 1.29 is 22.0 Å². The largest absolute Gasteiger partial charge is 0.306 e. The van der Waals surface area contributed by atoms with Gasteiger partial charge in [0.1, 0.15) is 23.4 Å². The number of carbonyl (C=O) groups excluding carboxylic acids is 1. The van der Waals surface area contributed by atoms with Crippen LogP contribution in [0.2, 0.25) is 0 Å². The van der Waals surface area contributed by atoms with Crippen molar-refractivity contribution in [2.45, 2.75) is 32.1 Å². The highest BCUT2D eigenvalue weighted by Gasteiger charge is 2.37. The Hall–Kier alpha value is -2.32. The SMILES string of the molecule is Cc1ccc(CS(=O)(=O)NC2CCN(c3c(F)cccc3F)C2=O)cc1C. The van der Waals surface area contributed by atoms with Gasteiger partial charge in [-0.3, -0.25) is 4.79 Å². The number of hydrogen-bond donors (Lipinski definition) is 1. The molecule has 1 unspecified atom stereocenters. The summed E-state index contributed by atoms with van der Waals surface area (Å²) in [6, 6.07) is 7.62. The molecule has 1 aliphatic rings. The van der Waals surface area contributed by atoms with Gasteiger partial charge in [-0.15, -0.1) is 0 Å². The van der Waals surface area contributed by atoms with Crippen LogP contribution in [0, 0.1) is 25.5 Å². The Labute approximate surface area is 157 Å².